The molecule has 14 heteroatoms. The lowest BCUT2D eigenvalue weighted by Gasteiger charge is -2.62. The van der Waals surface area contributed by atoms with Crippen LogP contribution in [0.5, 0.6) is 0 Å². The van der Waals surface area contributed by atoms with Crippen molar-refractivity contribution in [1.29, 1.82) is 0 Å². The van der Waals surface area contributed by atoms with Crippen LogP contribution >= 0.6 is 0 Å². The van der Waals surface area contributed by atoms with Gasteiger partial charge in [0, 0.05) is 57.3 Å². The molecule has 7 aliphatic carbocycles. The maximum Gasteiger partial charge on any atom is 0.407 e. The number of nitrogens with one attached hydrogen (secondary N) is 3. The third-order valence-electron chi connectivity index (χ3n) is 12.7. The van der Waals surface area contributed by atoms with Gasteiger partial charge in [0.1, 0.15) is 6.10 Å². The number of carbonyl (C=O) groups excluding carboxylic acids is 3. The summed E-state index contributed by atoms with van der Waals surface area (Å²) in [6.07, 6.45) is 11.1. The molecule has 1 aromatic rings. The number of carbonyl (C=O) groups is 3. The van der Waals surface area contributed by atoms with Gasteiger partial charge in [0.2, 0.25) is 17.5 Å². The van der Waals surface area contributed by atoms with Crippen LogP contribution in [-0.2, 0) is 48.7 Å². The van der Waals surface area contributed by atoms with Crippen molar-refractivity contribution in [3.63, 3.8) is 0 Å². The summed E-state index contributed by atoms with van der Waals surface area (Å²) in [5.41, 5.74) is 2.08. The van der Waals surface area contributed by atoms with Crippen LogP contribution in [0.4, 0.5) is 9.59 Å². The van der Waals surface area contributed by atoms with E-state index in [1.165, 1.54) is 5.69 Å². The van der Waals surface area contributed by atoms with Gasteiger partial charge in [-0.2, -0.15) is 9.78 Å². The number of aromatic nitrogens is 3. The third kappa shape index (κ3) is 5.95. The summed E-state index contributed by atoms with van der Waals surface area (Å²) in [6, 6.07) is 0. The van der Waals surface area contributed by atoms with Gasteiger partial charge in [0.25, 0.3) is 0 Å². The van der Waals surface area contributed by atoms with Crippen LogP contribution in [0, 0.1) is 35.5 Å². The first-order valence-corrected chi connectivity index (χ1v) is 18.2. The van der Waals surface area contributed by atoms with E-state index in [0.29, 0.717) is 62.5 Å². The van der Waals surface area contributed by atoms with E-state index in [0.717, 1.165) is 76.3 Å². The van der Waals surface area contributed by atoms with Crippen molar-refractivity contribution in [2.24, 2.45) is 42.6 Å². The molecule has 7 atom stereocenters. The minimum Gasteiger partial charge on any atom is -0.449 e. The Morgan fingerprint density at radius 1 is 1.00 bits per heavy atom. The molecule has 3 amide bonds. The molecule has 4 unspecified atom stereocenters. The van der Waals surface area contributed by atoms with Gasteiger partial charge in [0.15, 0.2) is 0 Å². The first-order valence-electron chi connectivity index (χ1n) is 18.2. The van der Waals surface area contributed by atoms with Crippen LogP contribution in [0.1, 0.15) is 94.9 Å². The highest BCUT2D eigenvalue weighted by Crippen LogP contribution is 2.65. The van der Waals surface area contributed by atoms with Gasteiger partial charge in [-0.05, 0) is 101 Å². The predicted octanol–water partition coefficient (Wildman–Crippen LogP) is 3.43. The lowest BCUT2D eigenvalue weighted by Crippen LogP contribution is -2.69. The zero-order valence-electron chi connectivity index (χ0n) is 28.2. The van der Waals surface area contributed by atoms with E-state index in [9.17, 15) is 14.4 Å². The fraction of sp³-hybridized carbons (Fsp3) is 0.853. The van der Waals surface area contributed by atoms with Crippen molar-refractivity contribution in [3.05, 3.63) is 11.4 Å². The van der Waals surface area contributed by atoms with Crippen molar-refractivity contribution in [3.8, 4) is 0 Å². The average molecular weight is 671 g/mol. The molecule has 3 N–H and O–H groups in total. The van der Waals surface area contributed by atoms with Gasteiger partial charge in [0.05, 0.1) is 18.0 Å². The molecular formula is C34H50N6O8. The number of amides is 3. The van der Waals surface area contributed by atoms with Crippen LogP contribution in [0.3, 0.4) is 0 Å². The van der Waals surface area contributed by atoms with Crippen LogP contribution in [0.2, 0.25) is 0 Å². The second-order valence-electron chi connectivity index (χ2n) is 15.8. The van der Waals surface area contributed by atoms with Gasteiger partial charge in [-0.15, -0.1) is 5.10 Å². The zero-order chi connectivity index (χ0) is 33.1. The normalized spacial score (nSPS) is 40.4. The molecule has 7 fully saturated rings. The minimum atomic E-state index is -0.908. The molecule has 1 aliphatic heterocycles. The van der Waals surface area contributed by atoms with Gasteiger partial charge in [-0.1, -0.05) is 5.21 Å². The Hall–Kier alpha value is -2.97. The molecule has 8 aliphatic rings. The Bertz CT molecular complexity index is 1400. The molecule has 264 valence electrons. The summed E-state index contributed by atoms with van der Waals surface area (Å²) in [5, 5.41) is 17.3. The lowest BCUT2D eigenvalue weighted by molar-refractivity contribution is -0.392. The van der Waals surface area contributed by atoms with Crippen molar-refractivity contribution >= 4 is 18.1 Å². The first kappa shape index (κ1) is 32.2. The molecule has 0 aromatic carbocycles. The van der Waals surface area contributed by atoms with Gasteiger partial charge in [-0.25, -0.2) is 9.59 Å². The molecule has 2 spiro atoms. The van der Waals surface area contributed by atoms with Gasteiger partial charge < -0.3 is 30.2 Å². The number of rotatable bonds is 8. The quantitative estimate of drug-likeness (QED) is 0.276. The standard InChI is InChI=1S/C34H50N6O8/c1-35-30(42)45-23-5-3-11-33(18-23)46-34(48-47-33)21-13-20-14-22(34)17-32(15-20,16-21)37-29(41)6-4-12-36-31(43)44-19-26-24-7-9-27-28(10-8-25(24)26)40(2)39-38-27/h20-26H,3-19H2,1-2H3,(H,35,42)(H,36,43)(H,37,41)/t20?,21?,22?,23?,24-,25+,26?,32?,33-,34?/m1/s1. The molecule has 6 saturated carbocycles. The lowest BCUT2D eigenvalue weighted by atomic mass is 9.50. The summed E-state index contributed by atoms with van der Waals surface area (Å²) in [7, 11) is 3.51. The highest BCUT2D eigenvalue weighted by molar-refractivity contribution is 5.77. The van der Waals surface area contributed by atoms with E-state index in [2.05, 4.69) is 26.3 Å². The predicted molar refractivity (Wildman–Crippen MR) is 168 cm³/mol. The summed E-state index contributed by atoms with van der Waals surface area (Å²) in [6.45, 7) is 0.842. The number of ether oxygens (including phenoxy) is 3. The Labute approximate surface area is 280 Å². The van der Waals surface area contributed by atoms with Crippen molar-refractivity contribution in [1.82, 2.24) is 30.9 Å². The minimum absolute atomic E-state index is 0.0171. The third-order valence-corrected chi connectivity index (χ3v) is 12.7. The summed E-state index contributed by atoms with van der Waals surface area (Å²) >= 11 is 0. The van der Waals surface area contributed by atoms with E-state index in [-0.39, 0.29) is 29.4 Å². The van der Waals surface area contributed by atoms with E-state index < -0.39 is 23.8 Å². The Kier molecular flexibility index (Phi) is 8.34. The highest BCUT2D eigenvalue weighted by atomic mass is 17.3. The average Bonchev–Trinajstić information content (AvgIpc) is 3.37. The number of fused-ring (bicyclic) bond motifs is 2. The molecule has 0 radical (unpaired) electrons. The number of alkyl carbamates (subject to hydrolysis) is 2. The molecule has 14 nitrogen and oxygen atoms in total. The van der Waals surface area contributed by atoms with Crippen molar-refractivity contribution < 1.29 is 38.4 Å². The smallest absolute Gasteiger partial charge is 0.407 e. The number of aryl methyl sites for hydroxylation is 2. The van der Waals surface area contributed by atoms with Crippen LogP contribution in [0.25, 0.3) is 0 Å². The second-order valence-corrected chi connectivity index (χ2v) is 15.8. The van der Waals surface area contributed by atoms with Crippen LogP contribution in [0.15, 0.2) is 0 Å². The second kappa shape index (κ2) is 12.4. The Balaban J connectivity index is 0.768. The first-order chi connectivity index (χ1) is 23.2. The molecule has 9 rings (SSSR count). The molecule has 2 heterocycles. The summed E-state index contributed by atoms with van der Waals surface area (Å²) in [4.78, 5) is 49.7. The van der Waals surface area contributed by atoms with E-state index in [4.69, 9.17) is 24.0 Å². The largest absolute Gasteiger partial charge is 0.449 e. The van der Waals surface area contributed by atoms with Crippen LogP contribution < -0.4 is 16.0 Å². The number of hydrogen-bond acceptors (Lipinski definition) is 10. The molecule has 1 saturated heterocycles. The van der Waals surface area contributed by atoms with E-state index in [1.807, 2.05) is 11.7 Å². The van der Waals surface area contributed by atoms with Crippen LogP contribution in [-0.4, -0.2) is 76.5 Å². The maximum atomic E-state index is 13.2. The summed E-state index contributed by atoms with van der Waals surface area (Å²) < 4.78 is 19.8. The molecule has 1 aromatic heterocycles. The molecular weight excluding hydrogens is 620 g/mol. The topological polar surface area (TPSA) is 164 Å². The molecule has 48 heavy (non-hydrogen) atoms. The SMILES string of the molecule is CNC(=O)OC1CCC[C@]2(C1)OOC1(O2)C2CC3CC1CC(NC(=O)CCCNC(=O)OCC1[C@H]4CCc5c(nnn5C)CC[C@@H]14)(C3)C2. The molecule has 4 bridgehead atoms. The van der Waals surface area contributed by atoms with E-state index >= 15 is 0 Å². The monoisotopic (exact) mass is 670 g/mol. The maximum absolute atomic E-state index is 13.2. The van der Waals surface area contributed by atoms with Gasteiger partial charge >= 0.3 is 12.2 Å². The highest BCUT2D eigenvalue weighted by Gasteiger charge is 2.70. The Morgan fingerprint density at radius 3 is 2.58 bits per heavy atom. The van der Waals surface area contributed by atoms with E-state index in [1.54, 1.807) is 7.05 Å². The number of nitrogens with zero attached hydrogens (tertiary/aromatic N) is 3. The summed E-state index contributed by atoms with van der Waals surface area (Å²) in [5.74, 6) is 0.644. The number of hydrogen-bond donors (Lipinski definition) is 3. The fourth-order valence-electron chi connectivity index (χ4n) is 10.7. The Morgan fingerprint density at radius 2 is 1.79 bits per heavy atom. The van der Waals surface area contributed by atoms with Gasteiger partial charge in [-0.3, -0.25) is 9.48 Å². The fourth-order valence-corrected chi connectivity index (χ4v) is 10.7. The van der Waals surface area contributed by atoms with Crippen molar-refractivity contribution in [2.45, 2.75) is 120 Å². The zero-order valence-corrected chi connectivity index (χ0v) is 28.2. The van der Waals surface area contributed by atoms with Crippen molar-refractivity contribution in [2.75, 3.05) is 20.2 Å².